The quantitative estimate of drug-likeness (QED) is 0.598. The van der Waals surface area contributed by atoms with Crippen molar-refractivity contribution in [2.24, 2.45) is 11.1 Å². The molecule has 0 aromatic carbocycles. The third kappa shape index (κ3) is 1.77. The monoisotopic (exact) mass is 197 g/mol. The van der Waals surface area contributed by atoms with E-state index in [1.54, 1.807) is 0 Å². The van der Waals surface area contributed by atoms with Gasteiger partial charge in [0.1, 0.15) is 0 Å². The summed E-state index contributed by atoms with van der Waals surface area (Å²) in [6, 6.07) is 0. The maximum Gasteiger partial charge on any atom is 0.236 e. The van der Waals surface area contributed by atoms with Crippen molar-refractivity contribution in [1.29, 1.82) is 0 Å². The SMILES string of the molecule is NCC(=O)N1CCC2(CCCNC2)C1. The molecule has 4 nitrogen and oxygen atoms in total. The third-order valence-corrected chi connectivity index (χ3v) is 3.53. The molecule has 2 aliphatic rings. The summed E-state index contributed by atoms with van der Waals surface area (Å²) < 4.78 is 0. The number of rotatable bonds is 1. The van der Waals surface area contributed by atoms with Gasteiger partial charge in [-0.2, -0.15) is 0 Å². The fraction of sp³-hybridized carbons (Fsp3) is 0.900. The van der Waals surface area contributed by atoms with Crippen molar-refractivity contribution in [3.8, 4) is 0 Å². The minimum Gasteiger partial charge on any atom is -0.341 e. The minimum atomic E-state index is 0.104. The minimum absolute atomic E-state index is 0.104. The molecule has 14 heavy (non-hydrogen) atoms. The van der Waals surface area contributed by atoms with E-state index in [2.05, 4.69) is 5.32 Å². The van der Waals surface area contributed by atoms with Crippen molar-refractivity contribution >= 4 is 5.91 Å². The first-order chi connectivity index (χ1) is 6.76. The number of piperidine rings is 1. The van der Waals surface area contributed by atoms with E-state index in [0.717, 1.165) is 32.6 Å². The van der Waals surface area contributed by atoms with Crippen molar-refractivity contribution in [2.75, 3.05) is 32.7 Å². The Kier molecular flexibility index (Phi) is 2.74. The summed E-state index contributed by atoms with van der Waals surface area (Å²) in [5.74, 6) is 0.104. The van der Waals surface area contributed by atoms with E-state index in [-0.39, 0.29) is 12.5 Å². The highest BCUT2D eigenvalue weighted by molar-refractivity contribution is 5.78. The summed E-state index contributed by atoms with van der Waals surface area (Å²) in [6.45, 7) is 4.17. The first-order valence-electron chi connectivity index (χ1n) is 5.44. The highest BCUT2D eigenvalue weighted by Crippen LogP contribution is 2.36. The van der Waals surface area contributed by atoms with E-state index in [1.807, 2.05) is 4.90 Å². The first-order valence-corrected chi connectivity index (χ1v) is 5.44. The van der Waals surface area contributed by atoms with Gasteiger partial charge in [-0.15, -0.1) is 0 Å². The van der Waals surface area contributed by atoms with E-state index < -0.39 is 0 Å². The van der Waals surface area contributed by atoms with Crippen molar-refractivity contribution in [1.82, 2.24) is 10.2 Å². The van der Waals surface area contributed by atoms with Gasteiger partial charge in [-0.1, -0.05) is 0 Å². The van der Waals surface area contributed by atoms with E-state index in [9.17, 15) is 4.79 Å². The Bertz CT molecular complexity index is 223. The fourth-order valence-corrected chi connectivity index (χ4v) is 2.66. The van der Waals surface area contributed by atoms with E-state index in [1.165, 1.54) is 12.8 Å². The van der Waals surface area contributed by atoms with Gasteiger partial charge in [-0.25, -0.2) is 0 Å². The zero-order valence-corrected chi connectivity index (χ0v) is 8.59. The number of nitrogens with one attached hydrogen (secondary N) is 1. The van der Waals surface area contributed by atoms with Crippen LogP contribution in [-0.4, -0.2) is 43.5 Å². The molecule has 80 valence electrons. The van der Waals surface area contributed by atoms with Gasteiger partial charge < -0.3 is 16.0 Å². The maximum absolute atomic E-state index is 11.4. The average Bonchev–Trinajstić information content (AvgIpc) is 2.62. The van der Waals surface area contributed by atoms with Gasteiger partial charge >= 0.3 is 0 Å². The predicted octanol–water partition coefficient (Wildman–Crippen LogP) is -0.453. The van der Waals surface area contributed by atoms with Gasteiger partial charge in [0.05, 0.1) is 6.54 Å². The number of hydrogen-bond donors (Lipinski definition) is 2. The molecule has 4 heteroatoms. The number of nitrogens with two attached hydrogens (primary N) is 1. The van der Waals surface area contributed by atoms with Crippen LogP contribution in [0.4, 0.5) is 0 Å². The van der Waals surface area contributed by atoms with Crippen LogP contribution >= 0.6 is 0 Å². The lowest BCUT2D eigenvalue weighted by atomic mass is 9.80. The Hall–Kier alpha value is -0.610. The third-order valence-electron chi connectivity index (χ3n) is 3.53. The fourth-order valence-electron chi connectivity index (χ4n) is 2.66. The first kappa shape index (κ1) is 9.93. The molecule has 2 saturated heterocycles. The van der Waals surface area contributed by atoms with Gasteiger partial charge in [0.2, 0.25) is 5.91 Å². The molecule has 0 aliphatic carbocycles. The second-order valence-corrected chi connectivity index (χ2v) is 4.55. The van der Waals surface area contributed by atoms with E-state index in [4.69, 9.17) is 5.73 Å². The van der Waals surface area contributed by atoms with Crippen molar-refractivity contribution in [3.05, 3.63) is 0 Å². The van der Waals surface area contributed by atoms with Gasteiger partial charge in [-0.3, -0.25) is 4.79 Å². The van der Waals surface area contributed by atoms with Crippen LogP contribution in [0, 0.1) is 5.41 Å². The molecule has 0 saturated carbocycles. The number of hydrogen-bond acceptors (Lipinski definition) is 3. The number of carbonyl (C=O) groups excluding carboxylic acids is 1. The smallest absolute Gasteiger partial charge is 0.236 e. The number of amides is 1. The van der Waals surface area contributed by atoms with Gasteiger partial charge in [0.15, 0.2) is 0 Å². The maximum atomic E-state index is 11.4. The lowest BCUT2D eigenvalue weighted by Gasteiger charge is -2.33. The summed E-state index contributed by atoms with van der Waals surface area (Å²) >= 11 is 0. The van der Waals surface area contributed by atoms with Crippen molar-refractivity contribution in [3.63, 3.8) is 0 Å². The Morgan fingerprint density at radius 2 is 2.36 bits per heavy atom. The lowest BCUT2D eigenvalue weighted by Crippen LogP contribution is -2.43. The predicted molar refractivity (Wildman–Crippen MR) is 54.8 cm³/mol. The van der Waals surface area contributed by atoms with Crippen LogP contribution in [-0.2, 0) is 4.79 Å². The summed E-state index contributed by atoms with van der Waals surface area (Å²) in [5.41, 5.74) is 5.73. The second kappa shape index (κ2) is 3.87. The number of carbonyl (C=O) groups is 1. The summed E-state index contributed by atoms with van der Waals surface area (Å²) in [6.07, 6.45) is 3.64. The summed E-state index contributed by atoms with van der Waals surface area (Å²) in [4.78, 5) is 13.3. The Morgan fingerprint density at radius 1 is 1.50 bits per heavy atom. The molecule has 1 spiro atoms. The zero-order valence-electron chi connectivity index (χ0n) is 8.59. The Labute approximate surface area is 84.8 Å². The molecular weight excluding hydrogens is 178 g/mol. The molecule has 3 N–H and O–H groups in total. The number of nitrogens with zero attached hydrogens (tertiary/aromatic N) is 1. The molecule has 1 unspecified atom stereocenters. The van der Waals surface area contributed by atoms with E-state index in [0.29, 0.717) is 5.41 Å². The van der Waals surface area contributed by atoms with Crippen LogP contribution in [0.3, 0.4) is 0 Å². The van der Waals surface area contributed by atoms with Crippen LogP contribution < -0.4 is 11.1 Å². The van der Waals surface area contributed by atoms with Crippen LogP contribution in [0.15, 0.2) is 0 Å². The van der Waals surface area contributed by atoms with Gasteiger partial charge in [0, 0.05) is 25.0 Å². The highest BCUT2D eigenvalue weighted by atomic mass is 16.2. The van der Waals surface area contributed by atoms with Gasteiger partial charge in [0.25, 0.3) is 0 Å². The second-order valence-electron chi connectivity index (χ2n) is 4.55. The molecule has 0 aromatic heterocycles. The highest BCUT2D eigenvalue weighted by Gasteiger charge is 2.40. The van der Waals surface area contributed by atoms with Crippen molar-refractivity contribution in [2.45, 2.75) is 19.3 Å². The molecule has 2 fully saturated rings. The summed E-state index contributed by atoms with van der Waals surface area (Å²) in [7, 11) is 0. The Balaban J connectivity index is 1.95. The van der Waals surface area contributed by atoms with Crippen LogP contribution in [0.5, 0.6) is 0 Å². The molecule has 0 aromatic rings. The van der Waals surface area contributed by atoms with Gasteiger partial charge in [-0.05, 0) is 25.8 Å². The molecule has 0 radical (unpaired) electrons. The number of likely N-dealkylation sites (tertiary alicyclic amines) is 1. The van der Waals surface area contributed by atoms with Crippen LogP contribution in [0.25, 0.3) is 0 Å². The normalized spacial score (nSPS) is 32.5. The van der Waals surface area contributed by atoms with Crippen LogP contribution in [0.2, 0.25) is 0 Å². The zero-order chi connectivity index (χ0) is 10.0. The molecule has 1 amide bonds. The molecule has 1 atom stereocenters. The molecule has 2 aliphatic heterocycles. The lowest BCUT2D eigenvalue weighted by molar-refractivity contribution is -0.129. The average molecular weight is 197 g/mol. The molecule has 0 bridgehead atoms. The van der Waals surface area contributed by atoms with Crippen LogP contribution in [0.1, 0.15) is 19.3 Å². The standard InChI is InChI=1S/C10H19N3O/c11-6-9(14)13-5-3-10(8-13)2-1-4-12-7-10/h12H,1-8,11H2. The largest absolute Gasteiger partial charge is 0.341 e. The molecular formula is C10H19N3O. The Morgan fingerprint density at radius 3 is 3.00 bits per heavy atom. The van der Waals surface area contributed by atoms with Crippen molar-refractivity contribution < 1.29 is 4.79 Å². The summed E-state index contributed by atoms with van der Waals surface area (Å²) in [5, 5.41) is 3.43. The molecule has 2 rings (SSSR count). The van der Waals surface area contributed by atoms with E-state index >= 15 is 0 Å². The molecule has 2 heterocycles. The topological polar surface area (TPSA) is 58.4 Å².